The highest BCUT2D eigenvalue weighted by molar-refractivity contribution is 7.92. The number of anilines is 2. The number of aromatic hydroxyl groups is 1. The molecule has 1 heterocycles. The maximum atomic E-state index is 13.2. The molecule has 3 N–H and O–H groups in total. The molecule has 0 spiro atoms. The molecule has 1 saturated carbocycles. The van der Waals surface area contributed by atoms with Crippen molar-refractivity contribution in [3.63, 3.8) is 0 Å². The number of hydrogen-bond acceptors (Lipinski definition) is 7. The van der Waals surface area contributed by atoms with E-state index in [1.165, 1.54) is 31.2 Å². The fourth-order valence-electron chi connectivity index (χ4n) is 5.23. The maximum absolute atomic E-state index is 13.2. The van der Waals surface area contributed by atoms with Crippen molar-refractivity contribution in [3.8, 4) is 5.75 Å². The number of rotatable bonds is 7. The Kier molecular flexibility index (Phi) is 7.31. The summed E-state index contributed by atoms with van der Waals surface area (Å²) in [5.41, 5.74) is 0.897. The van der Waals surface area contributed by atoms with Crippen LogP contribution in [0.25, 0.3) is 0 Å². The third-order valence-corrected chi connectivity index (χ3v) is 8.58. The fourth-order valence-corrected chi connectivity index (χ4v) is 6.28. The van der Waals surface area contributed by atoms with Crippen molar-refractivity contribution in [1.29, 1.82) is 0 Å². The average Bonchev–Trinajstić information content (AvgIpc) is 3.70. The van der Waals surface area contributed by atoms with Gasteiger partial charge in [0.1, 0.15) is 11.5 Å². The molecule has 1 fully saturated rings. The monoisotopic (exact) mass is 550 g/mol. The molecule has 5 rings (SSSR count). The predicted octanol–water partition coefficient (Wildman–Crippen LogP) is 4.95. The summed E-state index contributed by atoms with van der Waals surface area (Å²) in [5.74, 6) is -1.06. The lowest BCUT2D eigenvalue weighted by Gasteiger charge is -2.21. The van der Waals surface area contributed by atoms with E-state index in [0.29, 0.717) is 17.7 Å². The largest absolute Gasteiger partial charge is 0.506 e. The number of ketones is 1. The zero-order valence-corrected chi connectivity index (χ0v) is 22.3. The van der Waals surface area contributed by atoms with Gasteiger partial charge in [-0.15, -0.1) is 0 Å². The number of nitrogens with one attached hydrogen (secondary N) is 2. The number of amides is 1. The summed E-state index contributed by atoms with van der Waals surface area (Å²) in [4.78, 5) is 37.3. The lowest BCUT2D eigenvalue weighted by molar-refractivity contribution is -0.114. The smallest absolute Gasteiger partial charge is 0.343 e. The van der Waals surface area contributed by atoms with Gasteiger partial charge >= 0.3 is 5.63 Å². The number of Topliss-reactive ketones (excluding diaryl/α,β-unsaturated/α-hetero) is 1. The van der Waals surface area contributed by atoms with Crippen LogP contribution < -0.4 is 15.7 Å². The van der Waals surface area contributed by atoms with Crippen LogP contribution in [0, 0.1) is 5.92 Å². The van der Waals surface area contributed by atoms with E-state index in [1.54, 1.807) is 24.3 Å². The molecule has 3 aromatic rings. The lowest BCUT2D eigenvalue weighted by atomic mass is 9.85. The van der Waals surface area contributed by atoms with Gasteiger partial charge in [-0.25, -0.2) is 13.2 Å². The molecule has 1 unspecified atom stereocenters. The van der Waals surface area contributed by atoms with Crippen LogP contribution in [0.1, 0.15) is 78.6 Å². The van der Waals surface area contributed by atoms with E-state index >= 15 is 0 Å². The minimum absolute atomic E-state index is 0.0132. The molecular weight excluding hydrogens is 520 g/mol. The van der Waals surface area contributed by atoms with Crippen molar-refractivity contribution >= 4 is 33.1 Å². The van der Waals surface area contributed by atoms with Crippen molar-refractivity contribution in [2.45, 2.75) is 62.7 Å². The van der Waals surface area contributed by atoms with Crippen LogP contribution in [0.5, 0.6) is 5.75 Å². The summed E-state index contributed by atoms with van der Waals surface area (Å²) in [6, 6.07) is 12.5. The van der Waals surface area contributed by atoms with Gasteiger partial charge < -0.3 is 14.8 Å². The molecule has 9 nitrogen and oxygen atoms in total. The number of hydrogen-bond donors (Lipinski definition) is 3. The van der Waals surface area contributed by atoms with Gasteiger partial charge in [-0.3, -0.25) is 14.3 Å². The molecule has 39 heavy (non-hydrogen) atoms. The van der Waals surface area contributed by atoms with Crippen LogP contribution >= 0.6 is 0 Å². The Morgan fingerprint density at radius 3 is 2.41 bits per heavy atom. The lowest BCUT2D eigenvalue weighted by Crippen LogP contribution is -2.21. The number of carbonyl (C=O) groups excluding carboxylic acids is 2. The van der Waals surface area contributed by atoms with Crippen LogP contribution in [0.15, 0.2) is 62.6 Å². The quantitative estimate of drug-likeness (QED) is 0.378. The van der Waals surface area contributed by atoms with E-state index < -0.39 is 21.6 Å². The number of sulfonamides is 1. The van der Waals surface area contributed by atoms with Gasteiger partial charge in [0.15, 0.2) is 5.78 Å². The Morgan fingerprint density at radius 1 is 1.00 bits per heavy atom. The molecule has 2 aliphatic carbocycles. The van der Waals surface area contributed by atoms with E-state index in [-0.39, 0.29) is 57.2 Å². The summed E-state index contributed by atoms with van der Waals surface area (Å²) in [7, 11) is -3.95. The second-order valence-corrected chi connectivity index (χ2v) is 11.9. The van der Waals surface area contributed by atoms with Crippen molar-refractivity contribution in [1.82, 2.24) is 0 Å². The van der Waals surface area contributed by atoms with Gasteiger partial charge in [-0.2, -0.15) is 0 Å². The summed E-state index contributed by atoms with van der Waals surface area (Å²) >= 11 is 0. The molecule has 10 heteroatoms. The van der Waals surface area contributed by atoms with E-state index in [1.807, 2.05) is 0 Å². The molecule has 0 radical (unpaired) electrons. The minimum atomic E-state index is -3.95. The van der Waals surface area contributed by atoms with Gasteiger partial charge in [-0.1, -0.05) is 18.6 Å². The van der Waals surface area contributed by atoms with Gasteiger partial charge in [0.05, 0.1) is 16.0 Å². The minimum Gasteiger partial charge on any atom is -0.506 e. The van der Waals surface area contributed by atoms with E-state index in [2.05, 4.69) is 10.0 Å². The molecule has 1 amide bonds. The first-order chi connectivity index (χ1) is 18.6. The van der Waals surface area contributed by atoms with E-state index in [0.717, 1.165) is 32.1 Å². The fraction of sp³-hybridized carbons (Fsp3) is 0.345. The Morgan fingerprint density at radius 2 is 1.72 bits per heavy atom. The van der Waals surface area contributed by atoms with Gasteiger partial charge in [0.2, 0.25) is 5.91 Å². The standard InChI is InChI=1S/C29H30N2O7S/c1-17(32)30-20-12-14-22(15-13-20)39(36,37)31-21-7-5-6-19(16-21)25(18-10-11-18)27-28(34)26-23(33)8-3-2-4-9-24(26)38-29(27)35/h5-7,12-16,18,25,31,34H,2-4,8-11H2,1H3,(H,30,32). The highest BCUT2D eigenvalue weighted by Crippen LogP contribution is 2.49. The van der Waals surface area contributed by atoms with E-state index in [4.69, 9.17) is 4.42 Å². The number of carbonyl (C=O) groups is 2. The summed E-state index contributed by atoms with van der Waals surface area (Å²) < 4.78 is 34.3. The van der Waals surface area contributed by atoms with Gasteiger partial charge in [0, 0.05) is 37.1 Å². The Bertz CT molecular complexity index is 1590. The molecule has 0 aliphatic heterocycles. The zero-order chi connectivity index (χ0) is 27.7. The molecule has 2 aliphatic rings. The molecule has 204 valence electrons. The van der Waals surface area contributed by atoms with Crippen molar-refractivity contribution in [2.75, 3.05) is 10.0 Å². The Labute approximate surface area is 226 Å². The third kappa shape index (κ3) is 5.75. The summed E-state index contributed by atoms with van der Waals surface area (Å²) in [6.45, 7) is 1.36. The number of benzene rings is 2. The third-order valence-electron chi connectivity index (χ3n) is 7.18. The van der Waals surface area contributed by atoms with Crippen LogP contribution in [0.4, 0.5) is 11.4 Å². The normalized spacial score (nSPS) is 16.5. The zero-order valence-electron chi connectivity index (χ0n) is 21.5. The van der Waals surface area contributed by atoms with Crippen molar-refractivity contribution < 1.29 is 27.5 Å². The first kappa shape index (κ1) is 26.7. The Balaban J connectivity index is 1.49. The second-order valence-electron chi connectivity index (χ2n) is 10.2. The highest BCUT2D eigenvalue weighted by atomic mass is 32.2. The van der Waals surface area contributed by atoms with Gasteiger partial charge in [0.25, 0.3) is 10.0 Å². The van der Waals surface area contributed by atoms with Crippen molar-refractivity contribution in [2.24, 2.45) is 5.92 Å². The topological polar surface area (TPSA) is 143 Å². The first-order valence-electron chi connectivity index (χ1n) is 13.1. The number of aryl methyl sites for hydroxylation is 1. The molecule has 1 atom stereocenters. The first-order valence-corrected chi connectivity index (χ1v) is 14.5. The van der Waals surface area contributed by atoms with Crippen molar-refractivity contribution in [3.05, 3.63) is 81.4 Å². The maximum Gasteiger partial charge on any atom is 0.343 e. The summed E-state index contributed by atoms with van der Waals surface area (Å²) in [5, 5.41) is 13.9. The molecular formula is C29H30N2O7S. The second kappa shape index (κ2) is 10.7. The highest BCUT2D eigenvalue weighted by Gasteiger charge is 2.39. The molecule has 2 aromatic carbocycles. The SMILES string of the molecule is CC(=O)Nc1ccc(S(=O)(=O)Nc2cccc(C(c3c(O)c4c(oc3=O)CCCCCC4=O)C3CC3)c2)cc1. The molecule has 0 bridgehead atoms. The Hall–Kier alpha value is -3.92. The van der Waals surface area contributed by atoms with E-state index in [9.17, 15) is 27.9 Å². The van der Waals surface area contributed by atoms with Gasteiger partial charge in [-0.05, 0) is 73.6 Å². The van der Waals surface area contributed by atoms with Crippen LogP contribution in [-0.2, 0) is 21.2 Å². The predicted molar refractivity (Wildman–Crippen MR) is 146 cm³/mol. The molecule has 1 aromatic heterocycles. The average molecular weight is 551 g/mol. The number of fused-ring (bicyclic) bond motifs is 1. The van der Waals surface area contributed by atoms with Crippen LogP contribution in [0.3, 0.4) is 0 Å². The van der Waals surface area contributed by atoms with Crippen LogP contribution in [0.2, 0.25) is 0 Å². The summed E-state index contributed by atoms with van der Waals surface area (Å²) in [6.07, 6.45) is 4.69. The van der Waals surface area contributed by atoms with Crippen LogP contribution in [-0.4, -0.2) is 25.2 Å². The molecule has 0 saturated heterocycles.